The molecular formula is C13H21NO4. The van der Waals surface area contributed by atoms with Crippen molar-refractivity contribution in [2.75, 3.05) is 13.2 Å². The Morgan fingerprint density at radius 2 is 2.00 bits per heavy atom. The van der Waals surface area contributed by atoms with Gasteiger partial charge in [-0.05, 0) is 18.3 Å². The van der Waals surface area contributed by atoms with E-state index in [9.17, 15) is 14.7 Å². The van der Waals surface area contributed by atoms with Crippen molar-refractivity contribution < 1.29 is 19.4 Å². The average Bonchev–Trinajstić information content (AvgIpc) is 3.04. The van der Waals surface area contributed by atoms with Gasteiger partial charge in [0.15, 0.2) is 0 Å². The summed E-state index contributed by atoms with van der Waals surface area (Å²) in [6.07, 6.45) is 2.52. The number of rotatable bonds is 4. The molecule has 102 valence electrons. The Kier molecular flexibility index (Phi) is 3.36. The number of carbonyl (C=O) groups excluding carboxylic acids is 1. The van der Waals surface area contributed by atoms with E-state index in [-0.39, 0.29) is 17.2 Å². The number of ether oxygens (including phenoxy) is 1. The Labute approximate surface area is 107 Å². The molecule has 2 atom stereocenters. The number of nitrogens with one attached hydrogen (secondary N) is 1. The van der Waals surface area contributed by atoms with Crippen LogP contribution in [0.3, 0.4) is 0 Å². The fourth-order valence-corrected chi connectivity index (χ4v) is 2.64. The summed E-state index contributed by atoms with van der Waals surface area (Å²) < 4.78 is 5.18. The lowest BCUT2D eigenvalue weighted by Crippen LogP contribution is -2.58. The van der Waals surface area contributed by atoms with Crippen LogP contribution in [-0.4, -0.2) is 35.7 Å². The van der Waals surface area contributed by atoms with Crippen molar-refractivity contribution in [2.24, 2.45) is 11.3 Å². The molecule has 0 radical (unpaired) electrons. The molecule has 2 aliphatic rings. The Bertz CT molecular complexity index is 362. The lowest BCUT2D eigenvalue weighted by atomic mass is 9.89. The summed E-state index contributed by atoms with van der Waals surface area (Å²) in [5, 5.41) is 12.1. The zero-order valence-corrected chi connectivity index (χ0v) is 11.0. The molecule has 1 aliphatic heterocycles. The number of hydrogen-bond acceptors (Lipinski definition) is 3. The Balaban J connectivity index is 2.02. The summed E-state index contributed by atoms with van der Waals surface area (Å²) in [6.45, 7) is 4.92. The lowest BCUT2D eigenvalue weighted by Gasteiger charge is -2.34. The van der Waals surface area contributed by atoms with Crippen molar-refractivity contribution in [3.8, 4) is 0 Å². The van der Waals surface area contributed by atoms with Crippen LogP contribution in [0.15, 0.2) is 0 Å². The number of amides is 1. The third-order valence-electron chi connectivity index (χ3n) is 4.59. The number of carbonyl (C=O) groups is 2. The average molecular weight is 255 g/mol. The second-order valence-electron chi connectivity index (χ2n) is 5.75. The van der Waals surface area contributed by atoms with Gasteiger partial charge >= 0.3 is 5.97 Å². The highest BCUT2D eigenvalue weighted by Crippen LogP contribution is 2.54. The molecule has 0 aromatic carbocycles. The standard InChI is InChI=1S/C13H21NO4/c1-3-12(2)8-9(12)10(15)14-13(11(16)17)4-6-18-7-5-13/h9H,3-8H2,1-2H3,(H,14,15)(H,16,17). The third kappa shape index (κ3) is 2.23. The van der Waals surface area contributed by atoms with E-state index in [1.807, 2.05) is 0 Å². The predicted octanol–water partition coefficient (Wildman–Crippen LogP) is 1.17. The highest BCUT2D eigenvalue weighted by molar-refractivity contribution is 5.90. The van der Waals surface area contributed by atoms with Gasteiger partial charge in [-0.15, -0.1) is 0 Å². The summed E-state index contributed by atoms with van der Waals surface area (Å²) in [5.41, 5.74) is -1.05. The molecule has 0 aromatic heterocycles. The normalized spacial score (nSPS) is 33.8. The van der Waals surface area contributed by atoms with Gasteiger partial charge < -0.3 is 15.2 Å². The molecule has 0 bridgehead atoms. The molecule has 2 fully saturated rings. The summed E-state index contributed by atoms with van der Waals surface area (Å²) in [4.78, 5) is 23.6. The first-order chi connectivity index (χ1) is 8.43. The monoisotopic (exact) mass is 255 g/mol. The third-order valence-corrected chi connectivity index (χ3v) is 4.59. The highest BCUT2D eigenvalue weighted by Gasteiger charge is 2.55. The van der Waals surface area contributed by atoms with E-state index in [0.29, 0.717) is 26.1 Å². The molecule has 2 unspecified atom stereocenters. The molecule has 1 amide bonds. The quantitative estimate of drug-likeness (QED) is 0.790. The first-order valence-corrected chi connectivity index (χ1v) is 6.57. The molecule has 18 heavy (non-hydrogen) atoms. The van der Waals surface area contributed by atoms with Crippen molar-refractivity contribution in [1.29, 1.82) is 0 Å². The van der Waals surface area contributed by atoms with Gasteiger partial charge in [0.1, 0.15) is 5.54 Å². The van der Waals surface area contributed by atoms with Crippen LogP contribution in [0.2, 0.25) is 0 Å². The van der Waals surface area contributed by atoms with Crippen molar-refractivity contribution in [3.05, 3.63) is 0 Å². The number of aliphatic carboxylic acids is 1. The maximum absolute atomic E-state index is 12.1. The second-order valence-corrected chi connectivity index (χ2v) is 5.75. The van der Waals surface area contributed by atoms with Gasteiger partial charge in [0.05, 0.1) is 0 Å². The zero-order valence-electron chi connectivity index (χ0n) is 11.0. The Hall–Kier alpha value is -1.10. The van der Waals surface area contributed by atoms with Gasteiger partial charge in [-0.25, -0.2) is 4.79 Å². The fraction of sp³-hybridized carbons (Fsp3) is 0.846. The minimum atomic E-state index is -1.12. The van der Waals surface area contributed by atoms with E-state index in [1.54, 1.807) is 0 Å². The maximum atomic E-state index is 12.1. The SMILES string of the molecule is CCC1(C)CC1C(=O)NC1(C(=O)O)CCOCC1. The molecule has 0 spiro atoms. The fourth-order valence-electron chi connectivity index (χ4n) is 2.64. The first-order valence-electron chi connectivity index (χ1n) is 6.57. The summed E-state index contributed by atoms with van der Waals surface area (Å²) >= 11 is 0. The smallest absolute Gasteiger partial charge is 0.329 e. The van der Waals surface area contributed by atoms with E-state index in [4.69, 9.17) is 4.74 Å². The van der Waals surface area contributed by atoms with Crippen LogP contribution in [-0.2, 0) is 14.3 Å². The van der Waals surface area contributed by atoms with Crippen LogP contribution >= 0.6 is 0 Å². The second kappa shape index (κ2) is 4.53. The molecule has 2 rings (SSSR count). The molecule has 1 saturated heterocycles. The zero-order chi connectivity index (χ0) is 13.4. The Morgan fingerprint density at radius 3 is 2.44 bits per heavy atom. The minimum Gasteiger partial charge on any atom is -0.480 e. The summed E-state index contributed by atoms with van der Waals surface area (Å²) in [6, 6.07) is 0. The van der Waals surface area contributed by atoms with Gasteiger partial charge in [0.2, 0.25) is 5.91 Å². The molecule has 2 N–H and O–H groups in total. The topological polar surface area (TPSA) is 75.6 Å². The van der Waals surface area contributed by atoms with Gasteiger partial charge in [0, 0.05) is 32.0 Å². The summed E-state index contributed by atoms with van der Waals surface area (Å²) in [5.74, 6) is -1.08. The molecule has 5 heteroatoms. The van der Waals surface area contributed by atoms with Crippen LogP contribution in [0.4, 0.5) is 0 Å². The van der Waals surface area contributed by atoms with Crippen LogP contribution in [0.25, 0.3) is 0 Å². The van der Waals surface area contributed by atoms with Crippen molar-refractivity contribution >= 4 is 11.9 Å². The minimum absolute atomic E-state index is 0.0263. The number of hydrogen-bond donors (Lipinski definition) is 2. The number of carboxylic acid groups (broad SMARTS) is 1. The van der Waals surface area contributed by atoms with Crippen molar-refractivity contribution in [1.82, 2.24) is 5.32 Å². The van der Waals surface area contributed by atoms with E-state index in [0.717, 1.165) is 12.8 Å². The molecule has 1 heterocycles. The lowest BCUT2D eigenvalue weighted by molar-refractivity contribution is -0.152. The molecular weight excluding hydrogens is 234 g/mol. The van der Waals surface area contributed by atoms with E-state index in [1.165, 1.54) is 0 Å². The largest absolute Gasteiger partial charge is 0.480 e. The molecule has 0 aromatic rings. The van der Waals surface area contributed by atoms with Gasteiger partial charge in [-0.1, -0.05) is 13.8 Å². The predicted molar refractivity (Wildman–Crippen MR) is 65.1 cm³/mol. The maximum Gasteiger partial charge on any atom is 0.329 e. The molecule has 1 saturated carbocycles. The van der Waals surface area contributed by atoms with Crippen molar-refractivity contribution in [3.63, 3.8) is 0 Å². The first kappa shape index (κ1) is 13.3. The van der Waals surface area contributed by atoms with Crippen LogP contribution in [0, 0.1) is 11.3 Å². The van der Waals surface area contributed by atoms with E-state index >= 15 is 0 Å². The van der Waals surface area contributed by atoms with Crippen molar-refractivity contribution in [2.45, 2.75) is 45.1 Å². The molecule has 5 nitrogen and oxygen atoms in total. The van der Waals surface area contributed by atoms with Gasteiger partial charge in [-0.2, -0.15) is 0 Å². The van der Waals surface area contributed by atoms with E-state index in [2.05, 4.69) is 19.2 Å². The highest BCUT2D eigenvalue weighted by atomic mass is 16.5. The number of carboxylic acids is 1. The van der Waals surface area contributed by atoms with Crippen LogP contribution in [0.1, 0.15) is 39.5 Å². The van der Waals surface area contributed by atoms with Crippen LogP contribution < -0.4 is 5.32 Å². The summed E-state index contributed by atoms with van der Waals surface area (Å²) in [7, 11) is 0. The Morgan fingerprint density at radius 1 is 1.39 bits per heavy atom. The van der Waals surface area contributed by atoms with Crippen LogP contribution in [0.5, 0.6) is 0 Å². The molecule has 1 aliphatic carbocycles. The van der Waals surface area contributed by atoms with Gasteiger partial charge in [0.25, 0.3) is 0 Å². The van der Waals surface area contributed by atoms with Gasteiger partial charge in [-0.3, -0.25) is 4.79 Å². The van der Waals surface area contributed by atoms with E-state index < -0.39 is 11.5 Å².